The average Bonchev–Trinajstić information content (AvgIpc) is 2.45. The summed E-state index contributed by atoms with van der Waals surface area (Å²) in [6.07, 6.45) is 0. The Bertz CT molecular complexity index is 699. The van der Waals surface area contributed by atoms with Crippen LogP contribution in [-0.2, 0) is 4.74 Å². The molecule has 2 aromatic carbocycles. The number of hydrogen-bond acceptors (Lipinski definition) is 4. The van der Waals surface area contributed by atoms with Gasteiger partial charge in [0.15, 0.2) is 0 Å². The fourth-order valence-electron chi connectivity index (χ4n) is 1.95. The minimum atomic E-state index is -0.601. The minimum absolute atomic E-state index is 0.0463. The predicted molar refractivity (Wildman–Crippen MR) is 81.4 cm³/mol. The number of nitrogens with two attached hydrogens (primary N) is 1. The molecule has 2 rings (SSSR count). The monoisotopic (exact) mass is 288 g/mol. The van der Waals surface area contributed by atoms with Gasteiger partial charge < -0.3 is 15.8 Å². The fourth-order valence-corrected chi connectivity index (χ4v) is 1.95. The Hall–Kier alpha value is -2.56. The number of carbonyl (C=O) groups excluding carboxylic acids is 1. The van der Waals surface area contributed by atoms with E-state index >= 15 is 0 Å². The molecule has 3 N–H and O–H groups in total. The van der Waals surface area contributed by atoms with Crippen molar-refractivity contribution in [1.29, 1.82) is 0 Å². The highest BCUT2D eigenvalue weighted by atomic mass is 19.1. The zero-order chi connectivity index (χ0) is 15.6. The molecule has 0 radical (unpaired) electrons. The molecule has 0 atom stereocenters. The second kappa shape index (κ2) is 5.83. The molecule has 110 valence electrons. The first-order valence-corrected chi connectivity index (χ1v) is 6.44. The predicted octanol–water partition coefficient (Wildman–Crippen LogP) is 3.55. The van der Waals surface area contributed by atoms with Crippen molar-refractivity contribution in [1.82, 2.24) is 0 Å². The Balaban J connectivity index is 2.39. The maximum Gasteiger partial charge on any atom is 0.340 e. The first-order valence-electron chi connectivity index (χ1n) is 6.44. The van der Waals surface area contributed by atoms with Gasteiger partial charge in [0.2, 0.25) is 0 Å². The van der Waals surface area contributed by atoms with E-state index in [0.29, 0.717) is 0 Å². The molecule has 0 bridgehead atoms. The normalized spacial score (nSPS) is 10.3. The van der Waals surface area contributed by atoms with Crippen molar-refractivity contribution in [2.45, 2.75) is 13.8 Å². The van der Waals surface area contributed by atoms with E-state index in [1.165, 1.54) is 13.2 Å². The molecule has 0 aromatic heterocycles. The summed E-state index contributed by atoms with van der Waals surface area (Å²) < 4.78 is 18.6. The number of esters is 1. The lowest BCUT2D eigenvalue weighted by Gasteiger charge is -2.12. The summed E-state index contributed by atoms with van der Waals surface area (Å²) in [4.78, 5) is 11.6. The van der Waals surface area contributed by atoms with Gasteiger partial charge in [-0.2, -0.15) is 0 Å². The molecule has 0 amide bonds. The summed E-state index contributed by atoms with van der Waals surface area (Å²) in [6, 6.07) is 8.15. The van der Waals surface area contributed by atoms with Crippen molar-refractivity contribution < 1.29 is 13.9 Å². The number of ether oxygens (including phenoxy) is 1. The van der Waals surface area contributed by atoms with E-state index < -0.39 is 11.8 Å². The van der Waals surface area contributed by atoms with Crippen molar-refractivity contribution in [3.05, 3.63) is 52.8 Å². The summed E-state index contributed by atoms with van der Waals surface area (Å²) in [5, 5.41) is 2.95. The van der Waals surface area contributed by atoms with Crippen LogP contribution in [0.2, 0.25) is 0 Å². The average molecular weight is 288 g/mol. The zero-order valence-electron chi connectivity index (χ0n) is 12.2. The number of carbonyl (C=O) groups is 1. The Labute approximate surface area is 122 Å². The number of hydrogen-bond donors (Lipinski definition) is 2. The van der Waals surface area contributed by atoms with Gasteiger partial charge in [0, 0.05) is 11.4 Å². The Morgan fingerprint density at radius 1 is 1.19 bits per heavy atom. The Morgan fingerprint density at radius 3 is 2.52 bits per heavy atom. The number of aryl methyl sites for hydroxylation is 2. The summed E-state index contributed by atoms with van der Waals surface area (Å²) >= 11 is 0. The lowest BCUT2D eigenvalue weighted by molar-refractivity contribution is 0.0602. The van der Waals surface area contributed by atoms with Gasteiger partial charge in [0.1, 0.15) is 5.82 Å². The van der Waals surface area contributed by atoms with Crippen molar-refractivity contribution in [2.75, 3.05) is 18.2 Å². The third kappa shape index (κ3) is 3.13. The van der Waals surface area contributed by atoms with Gasteiger partial charge in [-0.3, -0.25) is 0 Å². The van der Waals surface area contributed by atoms with Crippen LogP contribution in [0.3, 0.4) is 0 Å². The second-order valence-corrected chi connectivity index (χ2v) is 4.83. The van der Waals surface area contributed by atoms with Gasteiger partial charge in [0.05, 0.1) is 18.4 Å². The third-order valence-corrected chi connectivity index (χ3v) is 3.33. The molecule has 21 heavy (non-hydrogen) atoms. The number of benzene rings is 2. The van der Waals surface area contributed by atoms with Gasteiger partial charge in [-0.15, -0.1) is 0 Å². The number of methoxy groups -OCH3 is 1. The van der Waals surface area contributed by atoms with E-state index in [2.05, 4.69) is 10.1 Å². The van der Waals surface area contributed by atoms with Crippen LogP contribution < -0.4 is 11.1 Å². The van der Waals surface area contributed by atoms with Crippen molar-refractivity contribution in [2.24, 2.45) is 0 Å². The summed E-state index contributed by atoms with van der Waals surface area (Å²) in [6.45, 7) is 3.97. The van der Waals surface area contributed by atoms with Crippen LogP contribution in [-0.4, -0.2) is 13.1 Å². The molecule has 0 aliphatic heterocycles. The zero-order valence-corrected chi connectivity index (χ0v) is 12.2. The molecule has 0 aliphatic rings. The number of nitrogen functional groups attached to an aromatic ring is 1. The van der Waals surface area contributed by atoms with Gasteiger partial charge >= 0.3 is 5.97 Å². The van der Waals surface area contributed by atoms with Crippen LogP contribution in [0.4, 0.5) is 21.5 Å². The van der Waals surface area contributed by atoms with E-state index in [1.807, 2.05) is 32.0 Å². The quantitative estimate of drug-likeness (QED) is 0.669. The Kier molecular flexibility index (Phi) is 4.12. The maximum absolute atomic E-state index is 14.0. The number of rotatable bonds is 3. The third-order valence-electron chi connectivity index (χ3n) is 3.33. The molecule has 5 heteroatoms. The van der Waals surface area contributed by atoms with Crippen LogP contribution in [0.1, 0.15) is 21.5 Å². The molecule has 2 aromatic rings. The smallest absolute Gasteiger partial charge is 0.340 e. The minimum Gasteiger partial charge on any atom is -0.465 e. The maximum atomic E-state index is 14.0. The SMILES string of the molecule is COC(=O)c1cc(Nc2ccc(C)c(C)c2)c(F)cc1N. The largest absolute Gasteiger partial charge is 0.465 e. The number of anilines is 3. The van der Waals surface area contributed by atoms with Crippen LogP contribution in [0.15, 0.2) is 30.3 Å². The highest BCUT2D eigenvalue weighted by Gasteiger charge is 2.14. The second-order valence-electron chi connectivity index (χ2n) is 4.83. The standard InChI is InChI=1S/C16H17FN2O2/c1-9-4-5-11(6-10(9)2)19-15-7-12(16(20)21-3)14(18)8-13(15)17/h4-8,19H,18H2,1-3H3. The fraction of sp³-hybridized carbons (Fsp3) is 0.188. The van der Waals surface area contributed by atoms with Crippen molar-refractivity contribution >= 4 is 23.0 Å². The van der Waals surface area contributed by atoms with E-state index in [0.717, 1.165) is 22.9 Å². The molecule has 0 fully saturated rings. The van der Waals surface area contributed by atoms with Gasteiger partial charge in [0.25, 0.3) is 0 Å². The Morgan fingerprint density at radius 2 is 1.90 bits per heavy atom. The summed E-state index contributed by atoms with van der Waals surface area (Å²) in [7, 11) is 1.25. The van der Waals surface area contributed by atoms with E-state index in [4.69, 9.17) is 5.73 Å². The van der Waals surface area contributed by atoms with Gasteiger partial charge in [-0.25, -0.2) is 9.18 Å². The van der Waals surface area contributed by atoms with E-state index in [1.54, 1.807) is 0 Å². The highest BCUT2D eigenvalue weighted by Crippen LogP contribution is 2.26. The molecular formula is C16H17FN2O2. The molecule has 4 nitrogen and oxygen atoms in total. The molecule has 0 unspecified atom stereocenters. The molecule has 0 aliphatic carbocycles. The highest BCUT2D eigenvalue weighted by molar-refractivity contribution is 5.96. The first kappa shape index (κ1) is 14.8. The summed E-state index contributed by atoms with van der Waals surface area (Å²) in [5.74, 6) is -1.13. The first-order chi connectivity index (χ1) is 9.92. The molecular weight excluding hydrogens is 271 g/mol. The summed E-state index contributed by atoms with van der Waals surface area (Å²) in [5.41, 5.74) is 8.95. The van der Waals surface area contributed by atoms with Gasteiger partial charge in [-0.1, -0.05) is 6.07 Å². The topological polar surface area (TPSA) is 64.3 Å². The van der Waals surface area contributed by atoms with Crippen LogP contribution in [0, 0.1) is 19.7 Å². The van der Waals surface area contributed by atoms with Crippen molar-refractivity contribution in [3.63, 3.8) is 0 Å². The lowest BCUT2D eigenvalue weighted by atomic mass is 10.1. The number of halogens is 1. The van der Waals surface area contributed by atoms with Crippen LogP contribution >= 0.6 is 0 Å². The molecule has 0 heterocycles. The van der Waals surface area contributed by atoms with Crippen molar-refractivity contribution in [3.8, 4) is 0 Å². The van der Waals surface area contributed by atoms with E-state index in [-0.39, 0.29) is 16.9 Å². The van der Waals surface area contributed by atoms with Crippen LogP contribution in [0.25, 0.3) is 0 Å². The molecule has 0 saturated carbocycles. The van der Waals surface area contributed by atoms with Crippen LogP contribution in [0.5, 0.6) is 0 Å². The molecule has 0 saturated heterocycles. The van der Waals surface area contributed by atoms with Gasteiger partial charge in [-0.05, 0) is 49.2 Å². The van der Waals surface area contributed by atoms with E-state index in [9.17, 15) is 9.18 Å². The number of nitrogens with one attached hydrogen (secondary N) is 1. The lowest BCUT2D eigenvalue weighted by Crippen LogP contribution is -2.07. The molecule has 0 spiro atoms.